The summed E-state index contributed by atoms with van der Waals surface area (Å²) in [6, 6.07) is 7.83. The van der Waals surface area contributed by atoms with Crippen LogP contribution >= 0.6 is 0 Å². The van der Waals surface area contributed by atoms with Crippen LogP contribution in [0.3, 0.4) is 0 Å². The molecule has 0 amide bonds. The Balaban J connectivity index is 2.70. The van der Waals surface area contributed by atoms with Crippen molar-refractivity contribution < 1.29 is 9.90 Å². The predicted molar refractivity (Wildman–Crippen MR) is 57.3 cm³/mol. The summed E-state index contributed by atoms with van der Waals surface area (Å²) >= 11 is 0. The van der Waals surface area contributed by atoms with E-state index in [-0.39, 0.29) is 5.56 Å². The van der Waals surface area contributed by atoms with Gasteiger partial charge in [-0.3, -0.25) is 4.79 Å². The average Bonchev–Trinajstić information content (AvgIpc) is 2.29. The summed E-state index contributed by atoms with van der Waals surface area (Å²) in [5.41, 5.74) is 0.377. The number of H-pyrrole nitrogens is 1. The molecule has 0 unspecified atom stereocenters. The van der Waals surface area contributed by atoms with Gasteiger partial charge in [0.05, 0.1) is 11.1 Å². The Kier molecular flexibility index (Phi) is 2.51. The van der Waals surface area contributed by atoms with Gasteiger partial charge in [-0.25, -0.2) is 9.89 Å². The van der Waals surface area contributed by atoms with Gasteiger partial charge in [-0.2, -0.15) is 5.10 Å². The standard InChI is InChI=1S/C11H8N2O3/c14-10-8(5-6-12-13-10)7-3-1-2-4-9(7)11(15)16/h1-6H,(H,13,14)(H,15,16). The van der Waals surface area contributed by atoms with Crippen molar-refractivity contribution in [3.63, 3.8) is 0 Å². The molecule has 1 aromatic carbocycles. The summed E-state index contributed by atoms with van der Waals surface area (Å²) in [5, 5.41) is 14.8. The first kappa shape index (κ1) is 10.1. The van der Waals surface area contributed by atoms with Crippen molar-refractivity contribution in [2.24, 2.45) is 0 Å². The van der Waals surface area contributed by atoms with Crippen LogP contribution in [0.2, 0.25) is 0 Å². The molecule has 5 heteroatoms. The zero-order chi connectivity index (χ0) is 11.5. The summed E-state index contributed by atoms with van der Waals surface area (Å²) < 4.78 is 0. The zero-order valence-electron chi connectivity index (χ0n) is 8.18. The number of rotatable bonds is 2. The van der Waals surface area contributed by atoms with Gasteiger partial charge in [0.2, 0.25) is 0 Å². The summed E-state index contributed by atoms with van der Waals surface area (Å²) in [7, 11) is 0. The van der Waals surface area contributed by atoms with E-state index in [1.807, 2.05) is 0 Å². The van der Waals surface area contributed by atoms with Crippen molar-refractivity contribution in [3.05, 3.63) is 52.4 Å². The molecule has 2 rings (SSSR count). The van der Waals surface area contributed by atoms with Crippen LogP contribution in [-0.4, -0.2) is 21.3 Å². The molecule has 0 radical (unpaired) electrons. The lowest BCUT2D eigenvalue weighted by Gasteiger charge is -2.03. The molecule has 2 aromatic rings. The van der Waals surface area contributed by atoms with Gasteiger partial charge in [0.25, 0.3) is 5.56 Å². The molecule has 0 atom stereocenters. The van der Waals surface area contributed by atoms with Crippen molar-refractivity contribution in [1.29, 1.82) is 0 Å². The third-order valence-corrected chi connectivity index (χ3v) is 2.17. The monoisotopic (exact) mass is 216 g/mol. The number of nitrogens with one attached hydrogen (secondary N) is 1. The lowest BCUT2D eigenvalue weighted by molar-refractivity contribution is 0.0697. The molecule has 0 fully saturated rings. The second-order valence-electron chi connectivity index (χ2n) is 3.15. The molecule has 0 aliphatic heterocycles. The minimum atomic E-state index is -1.06. The minimum absolute atomic E-state index is 0.0965. The number of aromatic amines is 1. The van der Waals surface area contributed by atoms with E-state index in [0.29, 0.717) is 11.1 Å². The molecule has 0 saturated heterocycles. The molecule has 2 N–H and O–H groups in total. The molecule has 0 aliphatic carbocycles. The summed E-state index contributed by atoms with van der Waals surface area (Å²) in [5.74, 6) is -1.06. The van der Waals surface area contributed by atoms with Crippen LogP contribution in [0, 0.1) is 0 Å². The number of hydrogen-bond acceptors (Lipinski definition) is 3. The van der Waals surface area contributed by atoms with Gasteiger partial charge in [-0.1, -0.05) is 18.2 Å². The van der Waals surface area contributed by atoms with E-state index in [4.69, 9.17) is 5.11 Å². The number of aromatic nitrogens is 2. The molecule has 0 saturated carbocycles. The van der Waals surface area contributed by atoms with Gasteiger partial charge >= 0.3 is 5.97 Å². The number of carboxylic acid groups (broad SMARTS) is 1. The second kappa shape index (κ2) is 3.98. The number of nitrogens with zero attached hydrogens (tertiary/aromatic N) is 1. The first-order valence-electron chi connectivity index (χ1n) is 4.56. The molecule has 16 heavy (non-hydrogen) atoms. The van der Waals surface area contributed by atoms with Crippen LogP contribution in [0.15, 0.2) is 41.3 Å². The molecular formula is C11H8N2O3. The number of aromatic carboxylic acids is 1. The predicted octanol–water partition coefficient (Wildman–Crippen LogP) is 1.14. The summed E-state index contributed by atoms with van der Waals surface area (Å²) in [6.45, 7) is 0. The maximum absolute atomic E-state index is 11.5. The third-order valence-electron chi connectivity index (χ3n) is 2.17. The van der Waals surface area contributed by atoms with Crippen molar-refractivity contribution in [1.82, 2.24) is 10.2 Å². The van der Waals surface area contributed by atoms with Gasteiger partial charge in [-0.05, 0) is 12.1 Å². The van der Waals surface area contributed by atoms with Crippen molar-refractivity contribution in [2.45, 2.75) is 0 Å². The lowest BCUT2D eigenvalue weighted by Crippen LogP contribution is -2.11. The van der Waals surface area contributed by atoms with Gasteiger partial charge in [0.15, 0.2) is 0 Å². The highest BCUT2D eigenvalue weighted by atomic mass is 16.4. The van der Waals surface area contributed by atoms with E-state index in [9.17, 15) is 9.59 Å². The highest BCUT2D eigenvalue weighted by molar-refractivity contribution is 5.95. The Morgan fingerprint density at radius 2 is 1.94 bits per heavy atom. The van der Waals surface area contributed by atoms with E-state index < -0.39 is 11.5 Å². The van der Waals surface area contributed by atoms with E-state index in [1.54, 1.807) is 18.2 Å². The molecule has 0 aliphatic rings. The average molecular weight is 216 g/mol. The fourth-order valence-electron chi connectivity index (χ4n) is 1.46. The van der Waals surface area contributed by atoms with Gasteiger partial charge in [0.1, 0.15) is 0 Å². The van der Waals surface area contributed by atoms with Gasteiger partial charge < -0.3 is 5.11 Å². The summed E-state index contributed by atoms with van der Waals surface area (Å²) in [4.78, 5) is 22.5. The van der Waals surface area contributed by atoms with Crippen LogP contribution in [-0.2, 0) is 0 Å². The highest BCUT2D eigenvalue weighted by Gasteiger charge is 2.12. The quantitative estimate of drug-likeness (QED) is 0.788. The molecule has 0 spiro atoms. The largest absolute Gasteiger partial charge is 0.478 e. The van der Waals surface area contributed by atoms with Crippen LogP contribution in [0.25, 0.3) is 11.1 Å². The molecule has 80 valence electrons. The van der Waals surface area contributed by atoms with E-state index >= 15 is 0 Å². The second-order valence-corrected chi connectivity index (χ2v) is 3.15. The number of carboxylic acids is 1. The zero-order valence-corrected chi connectivity index (χ0v) is 8.18. The van der Waals surface area contributed by atoms with Crippen molar-refractivity contribution in [3.8, 4) is 11.1 Å². The normalized spacial score (nSPS) is 10.0. The SMILES string of the molecule is O=C(O)c1ccccc1-c1ccn[nH]c1=O. The Bertz CT molecular complexity index is 590. The molecule has 1 heterocycles. The molecule has 0 bridgehead atoms. The third kappa shape index (κ3) is 1.70. The minimum Gasteiger partial charge on any atom is -0.478 e. The van der Waals surface area contributed by atoms with Crippen LogP contribution in [0.1, 0.15) is 10.4 Å². The topological polar surface area (TPSA) is 83.0 Å². The summed E-state index contributed by atoms with van der Waals surface area (Å²) in [6.07, 6.45) is 1.41. The van der Waals surface area contributed by atoms with E-state index in [2.05, 4.69) is 10.2 Å². The fraction of sp³-hybridized carbons (Fsp3) is 0. The number of hydrogen-bond donors (Lipinski definition) is 2. The Morgan fingerprint density at radius 1 is 1.19 bits per heavy atom. The molecule has 1 aromatic heterocycles. The van der Waals surface area contributed by atoms with E-state index in [0.717, 1.165) is 0 Å². The number of carbonyl (C=O) groups is 1. The maximum Gasteiger partial charge on any atom is 0.336 e. The lowest BCUT2D eigenvalue weighted by atomic mass is 10.0. The van der Waals surface area contributed by atoms with Gasteiger partial charge in [-0.15, -0.1) is 0 Å². The first-order chi connectivity index (χ1) is 7.70. The van der Waals surface area contributed by atoms with Gasteiger partial charge in [0, 0.05) is 11.8 Å². The van der Waals surface area contributed by atoms with Crippen LogP contribution < -0.4 is 5.56 Å². The maximum atomic E-state index is 11.5. The highest BCUT2D eigenvalue weighted by Crippen LogP contribution is 2.19. The number of benzene rings is 1. The van der Waals surface area contributed by atoms with Crippen LogP contribution in [0.4, 0.5) is 0 Å². The Hall–Kier alpha value is -2.43. The molecule has 5 nitrogen and oxygen atoms in total. The van der Waals surface area contributed by atoms with Crippen molar-refractivity contribution in [2.75, 3.05) is 0 Å². The molecular weight excluding hydrogens is 208 g/mol. The Morgan fingerprint density at radius 3 is 2.62 bits per heavy atom. The van der Waals surface area contributed by atoms with E-state index in [1.165, 1.54) is 18.3 Å². The van der Waals surface area contributed by atoms with Crippen LogP contribution in [0.5, 0.6) is 0 Å². The Labute approximate surface area is 90.4 Å². The smallest absolute Gasteiger partial charge is 0.336 e. The fourth-order valence-corrected chi connectivity index (χ4v) is 1.46. The first-order valence-corrected chi connectivity index (χ1v) is 4.56. The van der Waals surface area contributed by atoms with Crippen molar-refractivity contribution >= 4 is 5.97 Å².